The zero-order valence-corrected chi connectivity index (χ0v) is 16.3. The second-order valence-corrected chi connectivity index (χ2v) is 8.17. The molecule has 6 nitrogen and oxygen atoms in total. The maximum absolute atomic E-state index is 13.6. The molecule has 0 heterocycles. The van der Waals surface area contributed by atoms with Crippen LogP contribution in [0.2, 0.25) is 10.0 Å². The number of sulfonamides is 1. The van der Waals surface area contributed by atoms with E-state index in [2.05, 4.69) is 4.72 Å². The highest BCUT2D eigenvalue weighted by molar-refractivity contribution is 7.89. The van der Waals surface area contributed by atoms with Gasteiger partial charge in [0.2, 0.25) is 10.0 Å². The van der Waals surface area contributed by atoms with Crippen LogP contribution in [0, 0.1) is 17.1 Å². The number of ether oxygens (including phenoxy) is 1. The molecule has 0 saturated carbocycles. The number of nitrogens with two attached hydrogens (primary N) is 1. The van der Waals surface area contributed by atoms with Gasteiger partial charge < -0.3 is 10.5 Å². The van der Waals surface area contributed by atoms with Crippen LogP contribution in [0.5, 0.6) is 5.75 Å². The highest BCUT2D eigenvalue weighted by Crippen LogP contribution is 2.24. The number of nitriles is 1. The Labute approximate surface area is 166 Å². The van der Waals surface area contributed by atoms with E-state index in [4.69, 9.17) is 38.9 Å². The van der Waals surface area contributed by atoms with Gasteiger partial charge in [0.05, 0.1) is 16.7 Å². The van der Waals surface area contributed by atoms with Crippen LogP contribution < -0.4 is 15.2 Å². The second-order valence-electron chi connectivity index (χ2n) is 5.59. The summed E-state index contributed by atoms with van der Waals surface area (Å²) in [5.41, 5.74) is 6.13. The van der Waals surface area contributed by atoms with E-state index < -0.39 is 21.9 Å². The van der Waals surface area contributed by atoms with E-state index in [0.29, 0.717) is 5.02 Å². The fraction of sp³-hybridized carbons (Fsp3) is 0.235. The number of nitrogens with one attached hydrogen (secondary N) is 1. The number of benzene rings is 2. The number of hydrogen-bond acceptors (Lipinski definition) is 5. The lowest BCUT2D eigenvalue weighted by Crippen LogP contribution is -2.34. The lowest BCUT2D eigenvalue weighted by Gasteiger charge is -2.14. The van der Waals surface area contributed by atoms with Crippen molar-refractivity contribution < 1.29 is 17.5 Å². The Morgan fingerprint density at radius 2 is 2.00 bits per heavy atom. The van der Waals surface area contributed by atoms with Gasteiger partial charge in [-0.2, -0.15) is 5.26 Å². The zero-order chi connectivity index (χ0) is 20.0. The summed E-state index contributed by atoms with van der Waals surface area (Å²) in [6.07, 6.45) is 0.240. The lowest BCUT2D eigenvalue weighted by molar-refractivity contribution is 0.270. The topological polar surface area (TPSA) is 105 Å². The summed E-state index contributed by atoms with van der Waals surface area (Å²) in [7, 11) is -3.82. The molecule has 0 saturated heterocycles. The monoisotopic (exact) mass is 431 g/mol. The number of halogens is 3. The van der Waals surface area contributed by atoms with E-state index in [9.17, 15) is 12.8 Å². The first-order valence-corrected chi connectivity index (χ1v) is 9.99. The van der Waals surface area contributed by atoms with Gasteiger partial charge in [-0.05, 0) is 36.8 Å². The molecule has 27 heavy (non-hydrogen) atoms. The molecule has 0 aliphatic heterocycles. The Balaban J connectivity index is 1.87. The van der Waals surface area contributed by atoms with E-state index >= 15 is 0 Å². The van der Waals surface area contributed by atoms with Gasteiger partial charge in [-0.1, -0.05) is 23.2 Å². The van der Waals surface area contributed by atoms with Gasteiger partial charge in [0.1, 0.15) is 11.5 Å². The minimum Gasteiger partial charge on any atom is -0.489 e. The summed E-state index contributed by atoms with van der Waals surface area (Å²) >= 11 is 11.7. The molecule has 2 rings (SSSR count). The van der Waals surface area contributed by atoms with Crippen molar-refractivity contribution >= 4 is 33.2 Å². The molecule has 0 unspecified atom stereocenters. The minimum atomic E-state index is -3.82. The molecule has 0 aromatic heterocycles. The first-order valence-electron chi connectivity index (χ1n) is 7.75. The first kappa shape index (κ1) is 21.4. The van der Waals surface area contributed by atoms with Crippen LogP contribution in [-0.2, 0) is 10.0 Å². The molecular weight excluding hydrogens is 416 g/mol. The largest absolute Gasteiger partial charge is 0.489 e. The number of hydrogen-bond donors (Lipinski definition) is 2. The van der Waals surface area contributed by atoms with Crippen LogP contribution in [0.15, 0.2) is 41.3 Å². The van der Waals surface area contributed by atoms with Crippen LogP contribution in [0.1, 0.15) is 12.0 Å². The van der Waals surface area contributed by atoms with Crippen LogP contribution >= 0.6 is 23.2 Å². The Kier molecular flexibility index (Phi) is 7.41. The average Bonchev–Trinajstić information content (AvgIpc) is 2.60. The van der Waals surface area contributed by atoms with Crippen molar-refractivity contribution in [3.05, 3.63) is 57.8 Å². The van der Waals surface area contributed by atoms with Gasteiger partial charge in [-0.3, -0.25) is 0 Å². The SMILES string of the molecule is N#Cc1ccc(F)c(OC[C@@H](N)CCNS(=O)(=O)c2ccc(Cl)cc2Cl)c1. The van der Waals surface area contributed by atoms with E-state index in [1.807, 2.05) is 6.07 Å². The molecule has 2 aromatic carbocycles. The van der Waals surface area contributed by atoms with Crippen molar-refractivity contribution in [3.8, 4) is 11.8 Å². The van der Waals surface area contributed by atoms with Crippen molar-refractivity contribution in [1.82, 2.24) is 4.72 Å². The van der Waals surface area contributed by atoms with Gasteiger partial charge in [0.25, 0.3) is 0 Å². The van der Waals surface area contributed by atoms with Gasteiger partial charge in [0, 0.05) is 23.7 Å². The molecule has 0 bridgehead atoms. The third kappa shape index (κ3) is 6.06. The Morgan fingerprint density at radius 3 is 2.67 bits per heavy atom. The maximum Gasteiger partial charge on any atom is 0.242 e. The number of nitrogens with zero attached hydrogens (tertiary/aromatic N) is 1. The molecular formula is C17H16Cl2FN3O3S. The fourth-order valence-electron chi connectivity index (χ4n) is 2.11. The summed E-state index contributed by atoms with van der Waals surface area (Å²) in [4.78, 5) is -0.0891. The van der Waals surface area contributed by atoms with Crippen molar-refractivity contribution in [1.29, 1.82) is 5.26 Å². The molecule has 3 N–H and O–H groups in total. The van der Waals surface area contributed by atoms with E-state index in [-0.39, 0.29) is 40.8 Å². The van der Waals surface area contributed by atoms with Gasteiger partial charge >= 0.3 is 0 Å². The lowest BCUT2D eigenvalue weighted by atomic mass is 10.2. The molecule has 0 spiro atoms. The molecule has 0 amide bonds. The molecule has 0 radical (unpaired) electrons. The van der Waals surface area contributed by atoms with Gasteiger partial charge in [0.15, 0.2) is 11.6 Å². The summed E-state index contributed by atoms with van der Waals surface area (Å²) < 4.78 is 45.8. The average molecular weight is 432 g/mol. The van der Waals surface area contributed by atoms with Crippen molar-refractivity contribution in [2.45, 2.75) is 17.4 Å². The highest BCUT2D eigenvalue weighted by Gasteiger charge is 2.18. The second kappa shape index (κ2) is 9.35. The smallest absolute Gasteiger partial charge is 0.242 e. The molecule has 0 aliphatic carbocycles. The third-order valence-electron chi connectivity index (χ3n) is 3.50. The van der Waals surface area contributed by atoms with Crippen LogP contribution in [0.4, 0.5) is 4.39 Å². The van der Waals surface area contributed by atoms with Crippen LogP contribution in [0.25, 0.3) is 0 Å². The Bertz CT molecular complexity index is 964. The Morgan fingerprint density at radius 1 is 1.26 bits per heavy atom. The number of rotatable bonds is 8. The predicted octanol–water partition coefficient (Wildman–Crippen LogP) is 3.08. The first-order chi connectivity index (χ1) is 12.7. The molecule has 0 fully saturated rings. The molecule has 144 valence electrons. The zero-order valence-electron chi connectivity index (χ0n) is 14.0. The predicted molar refractivity (Wildman–Crippen MR) is 101 cm³/mol. The minimum absolute atomic E-state index is 0.00971. The third-order valence-corrected chi connectivity index (χ3v) is 5.68. The van der Waals surface area contributed by atoms with Crippen LogP contribution in [0.3, 0.4) is 0 Å². The van der Waals surface area contributed by atoms with Crippen molar-refractivity contribution in [3.63, 3.8) is 0 Å². The quantitative estimate of drug-likeness (QED) is 0.667. The highest BCUT2D eigenvalue weighted by atomic mass is 35.5. The van der Waals surface area contributed by atoms with Crippen LogP contribution in [-0.4, -0.2) is 27.6 Å². The normalized spacial score (nSPS) is 12.4. The van der Waals surface area contributed by atoms with Gasteiger partial charge in [-0.15, -0.1) is 0 Å². The van der Waals surface area contributed by atoms with E-state index in [1.54, 1.807) is 0 Å². The van der Waals surface area contributed by atoms with Gasteiger partial charge in [-0.25, -0.2) is 17.5 Å². The molecule has 2 aromatic rings. The summed E-state index contributed by atoms with van der Waals surface area (Å²) in [6.45, 7) is -0.0121. The van der Waals surface area contributed by atoms with E-state index in [1.165, 1.54) is 30.3 Å². The molecule has 0 aliphatic rings. The maximum atomic E-state index is 13.6. The standard InChI is InChI=1S/C17H16Cl2FN3O3S/c18-12-2-4-17(14(19)8-12)27(24,25)23-6-5-13(22)10-26-16-7-11(9-21)1-3-15(16)20/h1-4,7-8,13,23H,5-6,10,22H2/t13-/m0/s1. The fourth-order valence-corrected chi connectivity index (χ4v) is 3.93. The summed E-state index contributed by atoms with van der Waals surface area (Å²) in [5.74, 6) is -0.697. The van der Waals surface area contributed by atoms with Crippen molar-refractivity contribution in [2.24, 2.45) is 5.73 Å². The summed E-state index contributed by atoms with van der Waals surface area (Å²) in [5, 5.41) is 9.15. The summed E-state index contributed by atoms with van der Waals surface area (Å²) in [6, 6.07) is 9.12. The van der Waals surface area contributed by atoms with E-state index in [0.717, 1.165) is 6.07 Å². The Hall–Kier alpha value is -1.89. The molecule has 1 atom stereocenters. The molecule has 10 heteroatoms. The van der Waals surface area contributed by atoms with Crippen molar-refractivity contribution in [2.75, 3.05) is 13.2 Å².